The van der Waals surface area contributed by atoms with Gasteiger partial charge in [0.25, 0.3) is 0 Å². The summed E-state index contributed by atoms with van der Waals surface area (Å²) >= 11 is 0. The van der Waals surface area contributed by atoms with Crippen LogP contribution in [0.3, 0.4) is 0 Å². The van der Waals surface area contributed by atoms with Crippen LogP contribution in [0.2, 0.25) is 0 Å². The third-order valence-corrected chi connectivity index (χ3v) is 5.12. The van der Waals surface area contributed by atoms with Gasteiger partial charge in [0.05, 0.1) is 12.5 Å². The van der Waals surface area contributed by atoms with Gasteiger partial charge < -0.3 is 14.6 Å². The molecule has 2 aliphatic rings. The van der Waals surface area contributed by atoms with Crippen LogP contribution >= 0.6 is 0 Å². The summed E-state index contributed by atoms with van der Waals surface area (Å²) in [6.07, 6.45) is 10.4. The third kappa shape index (κ3) is 2.59. The van der Waals surface area contributed by atoms with Crippen molar-refractivity contribution in [3.8, 4) is 0 Å². The Labute approximate surface area is 116 Å². The van der Waals surface area contributed by atoms with Crippen molar-refractivity contribution >= 4 is 0 Å². The monoisotopic (exact) mass is 262 g/mol. The minimum Gasteiger partial charge on any atom is -0.472 e. The first-order valence-electron chi connectivity index (χ1n) is 7.77. The Hall–Kier alpha value is -0.800. The molecule has 3 rings (SSSR count). The van der Waals surface area contributed by atoms with E-state index in [4.69, 9.17) is 4.42 Å². The minimum atomic E-state index is 0.482. The predicted molar refractivity (Wildman–Crippen MR) is 77.0 cm³/mol. The second-order valence-corrected chi connectivity index (χ2v) is 6.27. The fourth-order valence-corrected chi connectivity index (χ4v) is 4.03. The molecule has 3 atom stereocenters. The van der Waals surface area contributed by atoms with E-state index in [0.717, 1.165) is 24.5 Å². The summed E-state index contributed by atoms with van der Waals surface area (Å²) in [5.41, 5.74) is 1.34. The van der Waals surface area contributed by atoms with Gasteiger partial charge in [0.15, 0.2) is 0 Å². The van der Waals surface area contributed by atoms with E-state index in [0.29, 0.717) is 6.04 Å². The van der Waals surface area contributed by atoms with Crippen molar-refractivity contribution < 1.29 is 4.42 Å². The molecule has 2 bridgehead atoms. The Morgan fingerprint density at radius 1 is 1.37 bits per heavy atom. The second kappa shape index (κ2) is 5.68. The molecule has 0 radical (unpaired) electrons. The molecule has 1 aromatic heterocycles. The first-order chi connectivity index (χ1) is 9.29. The van der Waals surface area contributed by atoms with Crippen molar-refractivity contribution in [3.63, 3.8) is 0 Å². The first kappa shape index (κ1) is 13.2. The molecule has 0 spiro atoms. The molecule has 1 aromatic rings. The molecule has 3 heteroatoms. The van der Waals surface area contributed by atoms with Gasteiger partial charge in [-0.1, -0.05) is 6.92 Å². The normalized spacial score (nSPS) is 32.6. The van der Waals surface area contributed by atoms with E-state index in [1.54, 1.807) is 6.26 Å². The number of rotatable bonds is 5. The minimum absolute atomic E-state index is 0.482. The average Bonchev–Trinajstić information content (AvgIpc) is 2.98. The lowest BCUT2D eigenvalue weighted by atomic mass is 9.82. The Kier molecular flexibility index (Phi) is 3.94. The zero-order valence-corrected chi connectivity index (χ0v) is 12.1. The maximum Gasteiger partial charge on any atom is 0.0950 e. The lowest BCUT2D eigenvalue weighted by Gasteiger charge is -2.40. The second-order valence-electron chi connectivity index (χ2n) is 6.27. The number of nitrogens with one attached hydrogen (secondary N) is 1. The molecule has 0 aromatic carbocycles. The Morgan fingerprint density at radius 2 is 2.11 bits per heavy atom. The topological polar surface area (TPSA) is 28.4 Å². The van der Waals surface area contributed by atoms with Crippen LogP contribution in [-0.4, -0.2) is 30.6 Å². The molecule has 3 nitrogen and oxygen atoms in total. The highest BCUT2D eigenvalue weighted by molar-refractivity contribution is 5.14. The fraction of sp³-hybridized carbons (Fsp3) is 0.750. The summed E-state index contributed by atoms with van der Waals surface area (Å²) in [4.78, 5) is 2.61. The fourth-order valence-electron chi connectivity index (χ4n) is 4.03. The van der Waals surface area contributed by atoms with Crippen LogP contribution in [0.25, 0.3) is 0 Å². The van der Waals surface area contributed by atoms with Crippen LogP contribution in [0, 0.1) is 5.92 Å². The van der Waals surface area contributed by atoms with Gasteiger partial charge in [-0.3, -0.25) is 0 Å². The molecule has 0 amide bonds. The Balaban J connectivity index is 1.73. The maximum atomic E-state index is 5.31. The molecule has 106 valence electrons. The van der Waals surface area contributed by atoms with Crippen LogP contribution in [-0.2, 0) is 0 Å². The van der Waals surface area contributed by atoms with Crippen LogP contribution in [0.15, 0.2) is 23.0 Å². The number of furan rings is 1. The number of piperidine rings is 1. The zero-order valence-electron chi connectivity index (χ0n) is 12.1. The van der Waals surface area contributed by atoms with E-state index < -0.39 is 0 Å². The van der Waals surface area contributed by atoms with Crippen molar-refractivity contribution in [2.75, 3.05) is 13.6 Å². The van der Waals surface area contributed by atoms with Crippen LogP contribution in [0.5, 0.6) is 0 Å². The van der Waals surface area contributed by atoms with Crippen LogP contribution < -0.4 is 5.32 Å². The molecule has 2 fully saturated rings. The lowest BCUT2D eigenvalue weighted by Crippen LogP contribution is -2.43. The number of nitrogens with zero attached hydrogens (tertiary/aromatic N) is 1. The highest BCUT2D eigenvalue weighted by atomic mass is 16.3. The van der Waals surface area contributed by atoms with Gasteiger partial charge in [-0.15, -0.1) is 0 Å². The average molecular weight is 262 g/mol. The van der Waals surface area contributed by atoms with E-state index in [1.165, 1.54) is 37.7 Å². The van der Waals surface area contributed by atoms with Gasteiger partial charge in [0.1, 0.15) is 0 Å². The molecule has 2 aliphatic heterocycles. The number of hydrogen-bond donors (Lipinski definition) is 1. The van der Waals surface area contributed by atoms with Crippen molar-refractivity contribution in [1.82, 2.24) is 10.2 Å². The summed E-state index contributed by atoms with van der Waals surface area (Å²) in [7, 11) is 2.31. The summed E-state index contributed by atoms with van der Waals surface area (Å²) < 4.78 is 5.31. The largest absolute Gasteiger partial charge is 0.472 e. The predicted octanol–water partition coefficient (Wildman–Crippen LogP) is 3.19. The Bertz CT molecular complexity index is 375. The smallest absolute Gasteiger partial charge is 0.0950 e. The molecule has 3 unspecified atom stereocenters. The summed E-state index contributed by atoms with van der Waals surface area (Å²) in [5, 5.41) is 3.75. The van der Waals surface area contributed by atoms with E-state index in [-0.39, 0.29) is 0 Å². The van der Waals surface area contributed by atoms with Gasteiger partial charge in [0.2, 0.25) is 0 Å². The summed E-state index contributed by atoms with van der Waals surface area (Å²) in [6, 6.07) is 4.23. The molecule has 0 saturated carbocycles. The van der Waals surface area contributed by atoms with Gasteiger partial charge >= 0.3 is 0 Å². The molecule has 0 aliphatic carbocycles. The third-order valence-electron chi connectivity index (χ3n) is 5.12. The summed E-state index contributed by atoms with van der Waals surface area (Å²) in [6.45, 7) is 3.33. The number of fused-ring (bicyclic) bond motifs is 2. The van der Waals surface area contributed by atoms with E-state index in [1.807, 2.05) is 6.26 Å². The zero-order chi connectivity index (χ0) is 13.2. The quantitative estimate of drug-likeness (QED) is 0.883. The molecule has 1 N–H and O–H groups in total. The van der Waals surface area contributed by atoms with E-state index in [9.17, 15) is 0 Å². The van der Waals surface area contributed by atoms with Gasteiger partial charge in [-0.2, -0.15) is 0 Å². The standard InChI is InChI=1S/C16H26N2O/c1-3-7-17-16(12-6-8-19-11-12)13-9-14-4-5-15(10-13)18(14)2/h6,8,11,13-17H,3-5,7,9-10H2,1-2H3. The van der Waals surface area contributed by atoms with Crippen LogP contribution in [0.4, 0.5) is 0 Å². The molecular weight excluding hydrogens is 236 g/mol. The van der Waals surface area contributed by atoms with E-state index in [2.05, 4.69) is 30.3 Å². The molecule has 3 heterocycles. The van der Waals surface area contributed by atoms with Gasteiger partial charge in [0, 0.05) is 23.7 Å². The van der Waals surface area contributed by atoms with Crippen molar-refractivity contribution in [2.45, 2.75) is 57.2 Å². The maximum absolute atomic E-state index is 5.31. The highest BCUT2D eigenvalue weighted by Gasteiger charge is 2.41. The Morgan fingerprint density at radius 3 is 2.68 bits per heavy atom. The lowest BCUT2D eigenvalue weighted by molar-refractivity contribution is 0.112. The van der Waals surface area contributed by atoms with E-state index >= 15 is 0 Å². The molecule has 19 heavy (non-hydrogen) atoms. The molecular formula is C16H26N2O. The van der Waals surface area contributed by atoms with Crippen molar-refractivity contribution in [1.29, 1.82) is 0 Å². The summed E-state index contributed by atoms with van der Waals surface area (Å²) in [5.74, 6) is 0.762. The van der Waals surface area contributed by atoms with Crippen molar-refractivity contribution in [2.24, 2.45) is 5.92 Å². The number of hydrogen-bond acceptors (Lipinski definition) is 3. The SMILES string of the molecule is CCCNC(c1ccoc1)C1CC2CCC(C1)N2C. The van der Waals surface area contributed by atoms with Gasteiger partial charge in [-0.05, 0) is 57.7 Å². The molecule has 2 saturated heterocycles. The highest BCUT2D eigenvalue weighted by Crippen LogP contribution is 2.42. The van der Waals surface area contributed by atoms with Crippen LogP contribution in [0.1, 0.15) is 50.6 Å². The van der Waals surface area contributed by atoms with Crippen molar-refractivity contribution in [3.05, 3.63) is 24.2 Å². The van der Waals surface area contributed by atoms with Gasteiger partial charge in [-0.25, -0.2) is 0 Å². The first-order valence-corrected chi connectivity index (χ1v) is 7.77.